The van der Waals surface area contributed by atoms with Gasteiger partial charge in [0.05, 0.1) is 0 Å². The molecule has 1 rings (SSSR count). The smallest absolute Gasteiger partial charge is 0.243 e. The van der Waals surface area contributed by atoms with E-state index in [9.17, 15) is 9.59 Å². The standard InChI is InChI=1S/C18H28N2O2/c1-6-15(17(22)19-18(3,4)5)20(16(21)7-2)13-14-11-9-8-10-12-14/h8-12,15H,6-7,13H2,1-5H3,(H,19,22)/t15-/m1/s1. The van der Waals surface area contributed by atoms with Gasteiger partial charge in [0.1, 0.15) is 6.04 Å². The van der Waals surface area contributed by atoms with Gasteiger partial charge in [-0.2, -0.15) is 0 Å². The maximum atomic E-state index is 12.5. The fourth-order valence-electron chi connectivity index (χ4n) is 2.36. The highest BCUT2D eigenvalue weighted by molar-refractivity contribution is 5.87. The first-order valence-corrected chi connectivity index (χ1v) is 7.94. The molecule has 0 heterocycles. The molecular weight excluding hydrogens is 276 g/mol. The molecule has 122 valence electrons. The number of amides is 2. The number of benzene rings is 1. The van der Waals surface area contributed by atoms with Gasteiger partial charge in [0.2, 0.25) is 11.8 Å². The molecule has 0 bridgehead atoms. The molecule has 0 aromatic heterocycles. The number of carbonyl (C=O) groups excluding carboxylic acids is 2. The summed E-state index contributed by atoms with van der Waals surface area (Å²) in [6.07, 6.45) is 0.993. The van der Waals surface area contributed by atoms with Crippen molar-refractivity contribution in [2.45, 2.75) is 65.6 Å². The van der Waals surface area contributed by atoms with Gasteiger partial charge < -0.3 is 10.2 Å². The summed E-state index contributed by atoms with van der Waals surface area (Å²) in [6.45, 7) is 10.1. The highest BCUT2D eigenvalue weighted by Gasteiger charge is 2.29. The summed E-state index contributed by atoms with van der Waals surface area (Å²) in [7, 11) is 0. The first-order chi connectivity index (χ1) is 10.3. The van der Waals surface area contributed by atoms with E-state index in [-0.39, 0.29) is 17.4 Å². The quantitative estimate of drug-likeness (QED) is 0.878. The molecule has 1 aromatic rings. The van der Waals surface area contributed by atoms with Crippen molar-refractivity contribution in [3.63, 3.8) is 0 Å². The summed E-state index contributed by atoms with van der Waals surface area (Å²) in [5.74, 6) is -0.0903. The van der Waals surface area contributed by atoms with Crippen molar-refractivity contribution in [1.82, 2.24) is 10.2 Å². The van der Waals surface area contributed by atoms with E-state index in [2.05, 4.69) is 5.32 Å². The van der Waals surface area contributed by atoms with E-state index >= 15 is 0 Å². The van der Waals surface area contributed by atoms with Gasteiger partial charge in [0, 0.05) is 18.5 Å². The molecule has 22 heavy (non-hydrogen) atoms. The van der Waals surface area contributed by atoms with Crippen molar-refractivity contribution in [2.24, 2.45) is 0 Å². The second-order valence-corrected chi connectivity index (χ2v) is 6.52. The number of nitrogens with one attached hydrogen (secondary N) is 1. The zero-order valence-electron chi connectivity index (χ0n) is 14.3. The summed E-state index contributed by atoms with van der Waals surface area (Å²) in [5.41, 5.74) is 0.726. The third kappa shape index (κ3) is 5.51. The lowest BCUT2D eigenvalue weighted by Crippen LogP contribution is -2.53. The maximum absolute atomic E-state index is 12.5. The van der Waals surface area contributed by atoms with E-state index in [4.69, 9.17) is 0 Å². The average Bonchev–Trinajstić information content (AvgIpc) is 2.45. The van der Waals surface area contributed by atoms with Crippen LogP contribution in [-0.2, 0) is 16.1 Å². The van der Waals surface area contributed by atoms with Crippen molar-refractivity contribution >= 4 is 11.8 Å². The molecule has 0 aliphatic carbocycles. The van der Waals surface area contributed by atoms with Crippen LogP contribution in [0.25, 0.3) is 0 Å². The highest BCUT2D eigenvalue weighted by Crippen LogP contribution is 2.14. The molecular formula is C18H28N2O2. The van der Waals surface area contributed by atoms with Crippen LogP contribution in [0.5, 0.6) is 0 Å². The van der Waals surface area contributed by atoms with Crippen LogP contribution in [0.2, 0.25) is 0 Å². The van der Waals surface area contributed by atoms with Crippen LogP contribution in [0.4, 0.5) is 0 Å². The number of hydrogen-bond donors (Lipinski definition) is 1. The molecule has 2 amide bonds. The Morgan fingerprint density at radius 3 is 2.18 bits per heavy atom. The molecule has 1 N–H and O–H groups in total. The first kappa shape index (κ1) is 18.2. The van der Waals surface area contributed by atoms with Gasteiger partial charge in [0.25, 0.3) is 0 Å². The summed E-state index contributed by atoms with van der Waals surface area (Å²) in [4.78, 5) is 26.6. The Morgan fingerprint density at radius 1 is 1.14 bits per heavy atom. The normalized spacial score (nSPS) is 12.6. The van der Waals surface area contributed by atoms with Crippen LogP contribution in [0.1, 0.15) is 53.0 Å². The monoisotopic (exact) mass is 304 g/mol. The minimum atomic E-state index is -0.438. The van der Waals surface area contributed by atoms with Crippen molar-refractivity contribution in [3.05, 3.63) is 35.9 Å². The molecule has 0 fully saturated rings. The largest absolute Gasteiger partial charge is 0.350 e. The van der Waals surface area contributed by atoms with Crippen molar-refractivity contribution in [1.29, 1.82) is 0 Å². The topological polar surface area (TPSA) is 49.4 Å². The van der Waals surface area contributed by atoms with Crippen LogP contribution in [-0.4, -0.2) is 28.3 Å². The summed E-state index contributed by atoms with van der Waals surface area (Å²) < 4.78 is 0. The van der Waals surface area contributed by atoms with Gasteiger partial charge in [-0.3, -0.25) is 9.59 Å². The summed E-state index contributed by atoms with van der Waals surface area (Å²) in [5, 5.41) is 2.98. The lowest BCUT2D eigenvalue weighted by Gasteiger charge is -2.33. The third-order valence-electron chi connectivity index (χ3n) is 3.38. The number of rotatable bonds is 6. The zero-order chi connectivity index (χ0) is 16.8. The zero-order valence-corrected chi connectivity index (χ0v) is 14.3. The van der Waals surface area contributed by atoms with Crippen molar-refractivity contribution in [3.8, 4) is 0 Å². The van der Waals surface area contributed by atoms with Crippen molar-refractivity contribution < 1.29 is 9.59 Å². The first-order valence-electron chi connectivity index (χ1n) is 7.94. The summed E-state index contributed by atoms with van der Waals surface area (Å²) in [6, 6.07) is 9.35. The van der Waals surface area contributed by atoms with Gasteiger partial charge in [-0.05, 0) is 32.8 Å². The average molecular weight is 304 g/mol. The third-order valence-corrected chi connectivity index (χ3v) is 3.38. The lowest BCUT2D eigenvalue weighted by atomic mass is 10.1. The predicted octanol–water partition coefficient (Wildman–Crippen LogP) is 3.12. The molecule has 0 saturated carbocycles. The fourth-order valence-corrected chi connectivity index (χ4v) is 2.36. The Balaban J connectivity index is 2.97. The molecule has 1 atom stereocenters. The Kier molecular flexibility index (Phi) is 6.60. The van der Waals surface area contributed by atoms with Crippen molar-refractivity contribution in [2.75, 3.05) is 0 Å². The molecule has 4 nitrogen and oxygen atoms in total. The molecule has 1 aromatic carbocycles. The van der Waals surface area contributed by atoms with E-state index in [1.807, 2.05) is 65.0 Å². The van der Waals surface area contributed by atoms with E-state index < -0.39 is 6.04 Å². The number of carbonyl (C=O) groups is 2. The van der Waals surface area contributed by atoms with Gasteiger partial charge in [-0.1, -0.05) is 44.2 Å². The van der Waals surface area contributed by atoms with Gasteiger partial charge >= 0.3 is 0 Å². The van der Waals surface area contributed by atoms with Crippen LogP contribution in [0.15, 0.2) is 30.3 Å². The maximum Gasteiger partial charge on any atom is 0.243 e. The van der Waals surface area contributed by atoms with E-state index in [0.29, 0.717) is 19.4 Å². The Bertz CT molecular complexity index is 492. The lowest BCUT2D eigenvalue weighted by molar-refractivity contribution is -0.141. The fraction of sp³-hybridized carbons (Fsp3) is 0.556. The van der Waals surface area contributed by atoms with E-state index in [1.165, 1.54) is 0 Å². The molecule has 0 aliphatic heterocycles. The van der Waals surface area contributed by atoms with Gasteiger partial charge in [-0.25, -0.2) is 0 Å². The molecule has 4 heteroatoms. The highest BCUT2D eigenvalue weighted by atomic mass is 16.2. The Hall–Kier alpha value is -1.84. The molecule has 0 unspecified atom stereocenters. The SMILES string of the molecule is CCC(=O)N(Cc1ccccc1)[C@H](CC)C(=O)NC(C)(C)C. The van der Waals surface area contributed by atoms with E-state index in [0.717, 1.165) is 5.56 Å². The summed E-state index contributed by atoms with van der Waals surface area (Å²) >= 11 is 0. The van der Waals surface area contributed by atoms with E-state index in [1.54, 1.807) is 4.90 Å². The molecule has 0 aliphatic rings. The van der Waals surface area contributed by atoms with Gasteiger partial charge in [0.15, 0.2) is 0 Å². The Morgan fingerprint density at radius 2 is 1.73 bits per heavy atom. The minimum absolute atomic E-state index is 0.000220. The second kappa shape index (κ2) is 7.97. The predicted molar refractivity (Wildman–Crippen MR) is 89.3 cm³/mol. The molecule has 0 saturated heterocycles. The second-order valence-electron chi connectivity index (χ2n) is 6.52. The van der Waals surface area contributed by atoms with Crippen LogP contribution < -0.4 is 5.32 Å². The molecule has 0 spiro atoms. The Labute approximate surface area is 133 Å². The number of hydrogen-bond acceptors (Lipinski definition) is 2. The number of nitrogens with zero attached hydrogens (tertiary/aromatic N) is 1. The van der Waals surface area contributed by atoms with Crippen LogP contribution in [0, 0.1) is 0 Å². The van der Waals surface area contributed by atoms with Crippen LogP contribution >= 0.6 is 0 Å². The minimum Gasteiger partial charge on any atom is -0.350 e. The van der Waals surface area contributed by atoms with Gasteiger partial charge in [-0.15, -0.1) is 0 Å². The van der Waals surface area contributed by atoms with Crippen LogP contribution in [0.3, 0.4) is 0 Å². The molecule has 0 radical (unpaired) electrons.